The summed E-state index contributed by atoms with van der Waals surface area (Å²) in [4.78, 5) is 20.6. The van der Waals surface area contributed by atoms with E-state index < -0.39 is 0 Å². The van der Waals surface area contributed by atoms with E-state index in [0.717, 1.165) is 31.4 Å². The second-order valence-electron chi connectivity index (χ2n) is 8.57. The predicted molar refractivity (Wildman–Crippen MR) is 131 cm³/mol. The maximum absolute atomic E-state index is 12.1. The van der Waals surface area contributed by atoms with Crippen LogP contribution in [0.25, 0.3) is 11.3 Å². The molecule has 1 fully saturated rings. The molecule has 3 rings (SSSR count). The molecule has 0 spiro atoms. The van der Waals surface area contributed by atoms with Gasteiger partial charge in [0.1, 0.15) is 5.69 Å². The average Bonchev–Trinajstić information content (AvgIpc) is 2.84. The summed E-state index contributed by atoms with van der Waals surface area (Å²) in [6.45, 7) is 9.96. The minimum atomic E-state index is -0.294. The molecular weight excluding hydrogens is 416 g/mol. The van der Waals surface area contributed by atoms with Crippen LogP contribution in [0.3, 0.4) is 0 Å². The average molecular weight is 457 g/mol. The van der Waals surface area contributed by atoms with E-state index in [1.807, 2.05) is 37.3 Å². The molecule has 0 N–H and O–H groups in total. The van der Waals surface area contributed by atoms with Crippen molar-refractivity contribution in [1.29, 1.82) is 0 Å². The Hall–Kier alpha value is -2.47. The van der Waals surface area contributed by atoms with Gasteiger partial charge in [-0.2, -0.15) is 9.97 Å². The first-order valence-corrected chi connectivity index (χ1v) is 12.4. The molecule has 0 saturated carbocycles. The van der Waals surface area contributed by atoms with E-state index in [1.54, 1.807) is 6.20 Å². The molecule has 1 aliphatic heterocycles. The Bertz CT molecular complexity index is 807. The maximum Gasteiger partial charge on any atom is 0.325 e. The molecule has 0 radical (unpaired) electrons. The second kappa shape index (κ2) is 15.4. The number of ether oxygens (including phenoxy) is 3. The van der Waals surface area contributed by atoms with Gasteiger partial charge in [0.15, 0.2) is 5.75 Å². The highest BCUT2D eigenvalue weighted by Crippen LogP contribution is 2.28. The Kier molecular flexibility index (Phi) is 12.5. The van der Waals surface area contributed by atoms with E-state index in [1.165, 1.54) is 25.7 Å². The summed E-state index contributed by atoms with van der Waals surface area (Å²) < 4.78 is 16.2. The number of unbranched alkanes of at least 4 members (excludes halogenated alkanes) is 1. The molecule has 2 unspecified atom stereocenters. The number of rotatable bonds is 10. The third kappa shape index (κ3) is 10.3. The number of hydrogen-bond acceptors (Lipinski definition) is 6. The standard InChI is InChI=1S/C21H28N2O3.C6H12O/c1-4-16(3)11-9-10-14-19(24)26-21-22-15-18(25-5-2)20(23-21)17-12-7-6-8-13-17;1-6-4-2-3-5-7-6/h6-8,12-13,15-16H,4-5,9-11,14H2,1-3H3;6H,2-5H2,1H3. The van der Waals surface area contributed by atoms with Crippen molar-refractivity contribution in [3.8, 4) is 23.0 Å². The minimum Gasteiger partial charge on any atom is -0.490 e. The highest BCUT2D eigenvalue weighted by molar-refractivity contribution is 5.72. The largest absolute Gasteiger partial charge is 0.490 e. The van der Waals surface area contributed by atoms with Crippen molar-refractivity contribution in [3.63, 3.8) is 0 Å². The molecule has 2 aromatic rings. The quantitative estimate of drug-likeness (QED) is 0.295. The van der Waals surface area contributed by atoms with E-state index in [9.17, 15) is 4.79 Å². The fourth-order valence-electron chi connectivity index (χ4n) is 3.49. The summed E-state index contributed by atoms with van der Waals surface area (Å²) in [5.41, 5.74) is 1.52. The van der Waals surface area contributed by atoms with Gasteiger partial charge < -0.3 is 14.2 Å². The third-order valence-electron chi connectivity index (χ3n) is 5.72. The molecule has 1 aromatic carbocycles. The molecule has 1 saturated heterocycles. The van der Waals surface area contributed by atoms with E-state index in [0.29, 0.717) is 36.5 Å². The minimum absolute atomic E-state index is 0.0687. The topological polar surface area (TPSA) is 70.5 Å². The van der Waals surface area contributed by atoms with Gasteiger partial charge in [-0.3, -0.25) is 4.79 Å². The van der Waals surface area contributed by atoms with Crippen molar-refractivity contribution in [2.75, 3.05) is 13.2 Å². The van der Waals surface area contributed by atoms with Crippen LogP contribution >= 0.6 is 0 Å². The lowest BCUT2D eigenvalue weighted by Gasteiger charge is -2.17. The second-order valence-corrected chi connectivity index (χ2v) is 8.57. The smallest absolute Gasteiger partial charge is 0.325 e. The fourth-order valence-corrected chi connectivity index (χ4v) is 3.49. The van der Waals surface area contributed by atoms with Crippen LogP contribution in [0, 0.1) is 5.92 Å². The number of nitrogens with zero attached hydrogens (tertiary/aromatic N) is 2. The summed E-state index contributed by atoms with van der Waals surface area (Å²) in [5, 5.41) is 0. The molecule has 6 nitrogen and oxygen atoms in total. The first kappa shape index (κ1) is 26.8. The summed E-state index contributed by atoms with van der Waals surface area (Å²) in [5.74, 6) is 0.985. The van der Waals surface area contributed by atoms with Gasteiger partial charge in [0.05, 0.1) is 18.9 Å². The van der Waals surface area contributed by atoms with Crippen LogP contribution in [0.2, 0.25) is 0 Å². The Morgan fingerprint density at radius 2 is 1.97 bits per heavy atom. The lowest BCUT2D eigenvalue weighted by Crippen LogP contribution is -2.14. The predicted octanol–water partition coefficient (Wildman–Crippen LogP) is 6.63. The Balaban J connectivity index is 0.000000468. The van der Waals surface area contributed by atoms with E-state index in [2.05, 4.69) is 30.7 Å². The zero-order valence-electron chi connectivity index (χ0n) is 20.7. The number of carbonyl (C=O) groups excluding carboxylic acids is 1. The number of carbonyl (C=O) groups is 1. The molecular formula is C27H40N2O4. The van der Waals surface area contributed by atoms with Gasteiger partial charge >= 0.3 is 12.0 Å². The van der Waals surface area contributed by atoms with Gasteiger partial charge in [-0.05, 0) is 45.4 Å². The van der Waals surface area contributed by atoms with Gasteiger partial charge in [0, 0.05) is 18.6 Å². The Morgan fingerprint density at radius 1 is 1.18 bits per heavy atom. The van der Waals surface area contributed by atoms with Crippen LogP contribution in [-0.2, 0) is 9.53 Å². The van der Waals surface area contributed by atoms with Crippen LogP contribution in [0.5, 0.6) is 11.8 Å². The third-order valence-corrected chi connectivity index (χ3v) is 5.72. The highest BCUT2D eigenvalue weighted by Gasteiger charge is 2.14. The van der Waals surface area contributed by atoms with Gasteiger partial charge in [-0.25, -0.2) is 0 Å². The van der Waals surface area contributed by atoms with Crippen molar-refractivity contribution in [2.24, 2.45) is 5.92 Å². The molecule has 6 heteroatoms. The van der Waals surface area contributed by atoms with Crippen LogP contribution in [0.4, 0.5) is 0 Å². The molecule has 33 heavy (non-hydrogen) atoms. The van der Waals surface area contributed by atoms with Crippen LogP contribution in [0.15, 0.2) is 36.5 Å². The van der Waals surface area contributed by atoms with E-state index in [-0.39, 0.29) is 12.0 Å². The zero-order chi connectivity index (χ0) is 23.9. The van der Waals surface area contributed by atoms with Crippen molar-refractivity contribution in [2.45, 2.75) is 85.2 Å². The van der Waals surface area contributed by atoms with Gasteiger partial charge in [-0.15, -0.1) is 0 Å². The summed E-state index contributed by atoms with van der Waals surface area (Å²) >= 11 is 0. The van der Waals surface area contributed by atoms with Crippen molar-refractivity contribution in [3.05, 3.63) is 36.5 Å². The van der Waals surface area contributed by atoms with Crippen molar-refractivity contribution >= 4 is 5.97 Å². The van der Waals surface area contributed by atoms with Gasteiger partial charge in [-0.1, -0.05) is 63.4 Å². The summed E-state index contributed by atoms with van der Waals surface area (Å²) in [6.07, 6.45) is 10.5. The van der Waals surface area contributed by atoms with Crippen LogP contribution < -0.4 is 9.47 Å². The molecule has 182 valence electrons. The van der Waals surface area contributed by atoms with Crippen molar-refractivity contribution in [1.82, 2.24) is 9.97 Å². The summed E-state index contributed by atoms with van der Waals surface area (Å²) in [6, 6.07) is 9.73. The summed E-state index contributed by atoms with van der Waals surface area (Å²) in [7, 11) is 0. The lowest BCUT2D eigenvalue weighted by molar-refractivity contribution is -0.135. The molecule has 2 atom stereocenters. The Morgan fingerprint density at radius 3 is 2.58 bits per heavy atom. The number of benzene rings is 1. The van der Waals surface area contributed by atoms with E-state index in [4.69, 9.17) is 14.2 Å². The molecule has 1 aliphatic rings. The number of esters is 1. The van der Waals surface area contributed by atoms with Gasteiger partial charge in [0.25, 0.3) is 0 Å². The molecule has 1 aromatic heterocycles. The molecule has 0 amide bonds. The first-order chi connectivity index (χ1) is 16.0. The normalized spacial score (nSPS) is 16.3. The lowest BCUT2D eigenvalue weighted by atomic mass is 10.0. The zero-order valence-corrected chi connectivity index (χ0v) is 20.7. The van der Waals surface area contributed by atoms with Crippen LogP contribution in [0.1, 0.15) is 79.1 Å². The van der Waals surface area contributed by atoms with E-state index >= 15 is 0 Å². The number of aromatic nitrogens is 2. The first-order valence-electron chi connectivity index (χ1n) is 12.4. The van der Waals surface area contributed by atoms with Gasteiger partial charge in [0.2, 0.25) is 0 Å². The fraction of sp³-hybridized carbons (Fsp3) is 0.593. The molecule has 0 aliphatic carbocycles. The Labute approximate surface area is 199 Å². The monoisotopic (exact) mass is 456 g/mol. The SMILES string of the molecule is CC1CCCCO1.CCOc1cnc(OC(=O)CCCCC(C)CC)nc1-c1ccccc1. The highest BCUT2D eigenvalue weighted by atomic mass is 16.5. The van der Waals surface area contributed by atoms with Crippen LogP contribution in [-0.4, -0.2) is 35.3 Å². The number of hydrogen-bond donors (Lipinski definition) is 0. The van der Waals surface area contributed by atoms with Crippen molar-refractivity contribution < 1.29 is 19.0 Å². The molecule has 2 heterocycles. The molecule has 0 bridgehead atoms. The maximum atomic E-state index is 12.1.